The molecule has 6 heteroatoms. The molecule has 0 fully saturated rings. The van der Waals surface area contributed by atoms with Gasteiger partial charge in [-0.05, 0) is 63.4 Å². The van der Waals surface area contributed by atoms with Crippen molar-refractivity contribution < 1.29 is 19.1 Å². The number of ether oxygens (including phenoxy) is 2. The first-order valence-corrected chi connectivity index (χ1v) is 11.0. The van der Waals surface area contributed by atoms with Crippen LogP contribution in [0.3, 0.4) is 0 Å². The van der Waals surface area contributed by atoms with E-state index >= 15 is 0 Å². The Morgan fingerprint density at radius 2 is 1.84 bits per heavy atom. The third-order valence-corrected chi connectivity index (χ3v) is 5.37. The van der Waals surface area contributed by atoms with E-state index in [9.17, 15) is 9.59 Å². The summed E-state index contributed by atoms with van der Waals surface area (Å²) in [4.78, 5) is 25.3. The van der Waals surface area contributed by atoms with E-state index in [2.05, 4.69) is 30.5 Å². The summed E-state index contributed by atoms with van der Waals surface area (Å²) in [6, 6.07) is 12.7. The van der Waals surface area contributed by atoms with Gasteiger partial charge in [-0.25, -0.2) is 0 Å². The number of amides is 1. The van der Waals surface area contributed by atoms with Gasteiger partial charge >= 0.3 is 0 Å². The van der Waals surface area contributed by atoms with Crippen molar-refractivity contribution >= 4 is 17.4 Å². The minimum Gasteiger partial charge on any atom is -0.497 e. The number of benzene rings is 2. The highest BCUT2D eigenvalue weighted by Gasteiger charge is 2.28. The van der Waals surface area contributed by atoms with E-state index in [-0.39, 0.29) is 17.2 Å². The van der Waals surface area contributed by atoms with Gasteiger partial charge in [-0.1, -0.05) is 18.2 Å². The first-order chi connectivity index (χ1) is 15.3. The largest absolute Gasteiger partial charge is 0.497 e. The van der Waals surface area contributed by atoms with E-state index < -0.39 is 0 Å². The van der Waals surface area contributed by atoms with Crippen molar-refractivity contribution in [2.45, 2.75) is 39.2 Å². The van der Waals surface area contributed by atoms with Crippen LogP contribution in [-0.2, 0) is 11.2 Å². The van der Waals surface area contributed by atoms with Crippen molar-refractivity contribution in [3.05, 3.63) is 70.8 Å². The summed E-state index contributed by atoms with van der Waals surface area (Å²) in [7, 11) is 1.63. The number of carbonyl (C=O) groups is 2. The summed E-state index contributed by atoms with van der Waals surface area (Å²) in [6.45, 7) is 8.01. The first-order valence-electron chi connectivity index (χ1n) is 11.0. The number of ketones is 1. The molecule has 0 spiro atoms. The molecule has 32 heavy (non-hydrogen) atoms. The van der Waals surface area contributed by atoms with Gasteiger partial charge in [0.25, 0.3) is 5.91 Å². The van der Waals surface area contributed by atoms with Gasteiger partial charge in [0.1, 0.15) is 5.75 Å². The van der Waals surface area contributed by atoms with Crippen molar-refractivity contribution in [1.82, 2.24) is 10.6 Å². The molecular formula is C26H32N2O4. The van der Waals surface area contributed by atoms with Crippen LogP contribution in [0.1, 0.15) is 59.0 Å². The number of methoxy groups -OCH3 is 1. The Balaban J connectivity index is 1.73. The van der Waals surface area contributed by atoms with Crippen molar-refractivity contribution in [1.29, 1.82) is 0 Å². The quantitative estimate of drug-likeness (QED) is 0.353. The van der Waals surface area contributed by atoms with E-state index in [1.807, 2.05) is 19.1 Å². The van der Waals surface area contributed by atoms with E-state index in [4.69, 9.17) is 9.47 Å². The van der Waals surface area contributed by atoms with Crippen LogP contribution in [0.2, 0.25) is 0 Å². The Bertz CT molecular complexity index is 993. The summed E-state index contributed by atoms with van der Waals surface area (Å²) in [5.74, 6) is 0.471. The van der Waals surface area contributed by atoms with Crippen molar-refractivity contribution in [2.24, 2.45) is 0 Å². The molecule has 3 rings (SSSR count). The van der Waals surface area contributed by atoms with E-state index in [0.717, 1.165) is 29.9 Å². The standard InChI is InChI=1S/C26H32N2O4/c1-5-32-14-6-13-27-25(30)19-9-7-18(8-10-19)24(29)16-23-22-15-21(31-4)12-11-20(22)17-26(2,3)28-23/h7-12,15-16,28H,5-6,13-14,17H2,1-4H3,(H,27,30). The van der Waals surface area contributed by atoms with Crippen LogP contribution in [0.25, 0.3) is 5.70 Å². The molecule has 0 bridgehead atoms. The molecule has 1 aliphatic heterocycles. The zero-order valence-electron chi connectivity index (χ0n) is 19.3. The molecule has 0 saturated heterocycles. The molecule has 0 unspecified atom stereocenters. The van der Waals surface area contributed by atoms with E-state index in [1.165, 1.54) is 5.56 Å². The van der Waals surface area contributed by atoms with Crippen LogP contribution in [0, 0.1) is 0 Å². The number of hydrogen-bond acceptors (Lipinski definition) is 5. The Morgan fingerprint density at radius 3 is 2.53 bits per heavy atom. The highest BCUT2D eigenvalue weighted by molar-refractivity contribution is 6.09. The number of fused-ring (bicyclic) bond motifs is 1. The van der Waals surface area contributed by atoms with E-state index in [0.29, 0.717) is 30.9 Å². The zero-order valence-corrected chi connectivity index (χ0v) is 19.3. The Kier molecular flexibility index (Phi) is 7.70. The second-order valence-corrected chi connectivity index (χ2v) is 8.51. The van der Waals surface area contributed by atoms with Crippen LogP contribution in [-0.4, -0.2) is 44.1 Å². The Hall–Kier alpha value is -3.12. The molecule has 0 radical (unpaired) electrons. The van der Waals surface area contributed by atoms with Crippen molar-refractivity contribution in [3.63, 3.8) is 0 Å². The molecule has 2 aromatic rings. The molecule has 0 aromatic heterocycles. The summed E-state index contributed by atoms with van der Waals surface area (Å²) >= 11 is 0. The third-order valence-electron chi connectivity index (χ3n) is 5.37. The molecule has 0 atom stereocenters. The number of carbonyl (C=O) groups excluding carboxylic acids is 2. The predicted molar refractivity (Wildman–Crippen MR) is 126 cm³/mol. The number of hydrogen-bond donors (Lipinski definition) is 2. The minimum atomic E-state index is -0.169. The fourth-order valence-corrected chi connectivity index (χ4v) is 3.78. The van der Waals surface area contributed by atoms with Gasteiger partial charge in [-0.2, -0.15) is 0 Å². The molecule has 1 heterocycles. The van der Waals surface area contributed by atoms with Gasteiger partial charge in [-0.15, -0.1) is 0 Å². The van der Waals surface area contributed by atoms with Gasteiger partial charge in [-0.3, -0.25) is 9.59 Å². The Morgan fingerprint density at radius 1 is 1.12 bits per heavy atom. The third kappa shape index (κ3) is 5.98. The summed E-state index contributed by atoms with van der Waals surface area (Å²) in [6.07, 6.45) is 3.24. The first kappa shape index (κ1) is 23.5. The lowest BCUT2D eigenvalue weighted by Crippen LogP contribution is -2.43. The normalized spacial score (nSPS) is 15.6. The van der Waals surface area contributed by atoms with Crippen molar-refractivity contribution in [2.75, 3.05) is 26.9 Å². The summed E-state index contributed by atoms with van der Waals surface area (Å²) < 4.78 is 10.6. The SMILES string of the molecule is CCOCCCNC(=O)c1ccc(C(=O)C=C2NC(C)(C)Cc3ccc(OC)cc32)cc1. The van der Waals surface area contributed by atoms with Crippen LogP contribution in [0.15, 0.2) is 48.5 Å². The average molecular weight is 437 g/mol. The van der Waals surface area contributed by atoms with Gasteiger partial charge in [0.05, 0.1) is 7.11 Å². The van der Waals surface area contributed by atoms with Crippen LogP contribution in [0.4, 0.5) is 0 Å². The van der Waals surface area contributed by atoms with Gasteiger partial charge in [0, 0.05) is 53.8 Å². The molecule has 2 N–H and O–H groups in total. The lowest BCUT2D eigenvalue weighted by molar-refractivity contribution is 0.0943. The topological polar surface area (TPSA) is 76.7 Å². The summed E-state index contributed by atoms with van der Waals surface area (Å²) in [5, 5.41) is 6.34. The minimum absolute atomic E-state index is 0.123. The van der Waals surface area contributed by atoms with Crippen molar-refractivity contribution in [3.8, 4) is 5.75 Å². The molecule has 0 saturated carbocycles. The van der Waals surface area contributed by atoms with Gasteiger partial charge < -0.3 is 20.1 Å². The molecule has 6 nitrogen and oxygen atoms in total. The summed E-state index contributed by atoms with van der Waals surface area (Å²) in [5.41, 5.74) is 3.80. The van der Waals surface area contributed by atoms with E-state index in [1.54, 1.807) is 37.5 Å². The maximum Gasteiger partial charge on any atom is 0.251 e. The molecule has 1 aliphatic rings. The molecule has 1 amide bonds. The highest BCUT2D eigenvalue weighted by Crippen LogP contribution is 2.32. The maximum absolute atomic E-state index is 13.0. The second kappa shape index (κ2) is 10.5. The van der Waals surface area contributed by atoms with Crippen LogP contribution < -0.4 is 15.4 Å². The number of nitrogens with one attached hydrogen (secondary N) is 2. The fraction of sp³-hybridized carbons (Fsp3) is 0.385. The van der Waals surface area contributed by atoms with Gasteiger partial charge in [0.15, 0.2) is 5.78 Å². The monoisotopic (exact) mass is 436 g/mol. The molecule has 2 aromatic carbocycles. The highest BCUT2D eigenvalue weighted by atomic mass is 16.5. The lowest BCUT2D eigenvalue weighted by Gasteiger charge is -2.35. The maximum atomic E-state index is 13.0. The number of allylic oxidation sites excluding steroid dienone is 1. The predicted octanol–water partition coefficient (Wildman–Crippen LogP) is 4.00. The molecular weight excluding hydrogens is 404 g/mol. The van der Waals surface area contributed by atoms with Crippen LogP contribution >= 0.6 is 0 Å². The smallest absolute Gasteiger partial charge is 0.251 e. The van der Waals surface area contributed by atoms with Gasteiger partial charge in [0.2, 0.25) is 0 Å². The molecule has 170 valence electrons. The fourth-order valence-electron chi connectivity index (χ4n) is 3.78. The number of rotatable bonds is 9. The zero-order chi connectivity index (χ0) is 23.1. The average Bonchev–Trinajstić information content (AvgIpc) is 2.78. The molecule has 0 aliphatic carbocycles. The second-order valence-electron chi connectivity index (χ2n) is 8.51. The Labute approximate surface area is 190 Å². The lowest BCUT2D eigenvalue weighted by atomic mass is 9.85. The van der Waals surface area contributed by atoms with Crippen LogP contribution in [0.5, 0.6) is 5.75 Å².